The van der Waals surface area contributed by atoms with Gasteiger partial charge in [-0.1, -0.05) is 12.5 Å². The molecular formula is C21H26N2O3S2. The third-order valence-electron chi connectivity index (χ3n) is 4.73. The fourth-order valence-electron chi connectivity index (χ4n) is 3.43. The first-order chi connectivity index (χ1) is 13.5. The molecule has 0 atom stereocenters. The summed E-state index contributed by atoms with van der Waals surface area (Å²) < 4.78 is 10.7. The van der Waals surface area contributed by atoms with E-state index in [1.165, 1.54) is 11.3 Å². The Morgan fingerprint density at radius 3 is 2.75 bits per heavy atom. The van der Waals surface area contributed by atoms with Gasteiger partial charge in [0, 0.05) is 4.88 Å². The Labute approximate surface area is 175 Å². The van der Waals surface area contributed by atoms with Crippen LogP contribution in [0.25, 0.3) is 0 Å². The van der Waals surface area contributed by atoms with E-state index in [1.54, 1.807) is 18.4 Å². The van der Waals surface area contributed by atoms with Crippen molar-refractivity contribution in [1.29, 1.82) is 0 Å². The third kappa shape index (κ3) is 4.64. The fraction of sp³-hybridized carbons (Fsp3) is 0.429. The first-order valence-corrected chi connectivity index (χ1v) is 10.8. The lowest BCUT2D eigenvalue weighted by molar-refractivity contribution is 0.0527. The van der Waals surface area contributed by atoms with Crippen molar-refractivity contribution in [3.63, 3.8) is 0 Å². The van der Waals surface area contributed by atoms with Crippen molar-refractivity contribution < 1.29 is 14.3 Å². The number of esters is 1. The van der Waals surface area contributed by atoms with Crippen molar-refractivity contribution in [3.8, 4) is 5.75 Å². The molecule has 1 aromatic carbocycles. The number of methoxy groups -OCH3 is 1. The van der Waals surface area contributed by atoms with E-state index in [4.69, 9.17) is 21.7 Å². The summed E-state index contributed by atoms with van der Waals surface area (Å²) in [7, 11) is 1.63. The van der Waals surface area contributed by atoms with Crippen LogP contribution in [0.3, 0.4) is 0 Å². The molecule has 0 amide bonds. The minimum Gasteiger partial charge on any atom is -0.495 e. The summed E-state index contributed by atoms with van der Waals surface area (Å²) in [5.41, 5.74) is 3.65. The van der Waals surface area contributed by atoms with Crippen molar-refractivity contribution in [2.75, 3.05) is 24.4 Å². The summed E-state index contributed by atoms with van der Waals surface area (Å²) in [5.74, 6) is 0.433. The minimum atomic E-state index is -0.277. The largest absolute Gasteiger partial charge is 0.495 e. The van der Waals surface area contributed by atoms with E-state index in [0.29, 0.717) is 23.0 Å². The number of aryl methyl sites for hydroxylation is 2. The second kappa shape index (κ2) is 9.39. The van der Waals surface area contributed by atoms with Crippen molar-refractivity contribution in [2.24, 2.45) is 0 Å². The summed E-state index contributed by atoms with van der Waals surface area (Å²) in [6, 6.07) is 5.86. The molecule has 3 rings (SSSR count). The lowest BCUT2D eigenvalue weighted by atomic mass is 10.1. The van der Waals surface area contributed by atoms with Crippen LogP contribution >= 0.6 is 23.6 Å². The Morgan fingerprint density at radius 1 is 1.21 bits per heavy atom. The molecule has 1 aliphatic carbocycles. The number of hydrogen-bond donors (Lipinski definition) is 2. The van der Waals surface area contributed by atoms with Crippen molar-refractivity contribution in [1.82, 2.24) is 0 Å². The number of rotatable bonds is 5. The van der Waals surface area contributed by atoms with E-state index in [9.17, 15) is 4.79 Å². The first kappa shape index (κ1) is 20.6. The molecular weight excluding hydrogens is 392 g/mol. The van der Waals surface area contributed by atoms with E-state index >= 15 is 0 Å². The van der Waals surface area contributed by atoms with Gasteiger partial charge in [-0.2, -0.15) is 0 Å². The third-order valence-corrected chi connectivity index (χ3v) is 6.14. The number of nitrogens with one attached hydrogen (secondary N) is 2. The van der Waals surface area contributed by atoms with Gasteiger partial charge in [-0.25, -0.2) is 4.79 Å². The predicted molar refractivity (Wildman–Crippen MR) is 119 cm³/mol. The maximum Gasteiger partial charge on any atom is 0.341 e. The number of carbonyl (C=O) groups excluding carboxylic acids is 1. The number of ether oxygens (including phenoxy) is 2. The average Bonchev–Trinajstić information content (AvgIpc) is 2.82. The second-order valence-electron chi connectivity index (χ2n) is 6.77. The van der Waals surface area contributed by atoms with E-state index in [-0.39, 0.29) is 5.97 Å². The van der Waals surface area contributed by atoms with Gasteiger partial charge in [-0.05, 0) is 75.0 Å². The van der Waals surface area contributed by atoms with Gasteiger partial charge in [0.1, 0.15) is 10.8 Å². The van der Waals surface area contributed by atoms with E-state index in [0.717, 1.165) is 47.5 Å². The lowest BCUT2D eigenvalue weighted by Crippen LogP contribution is -2.21. The molecule has 0 saturated heterocycles. The molecule has 0 aliphatic heterocycles. The Bertz CT molecular complexity index is 877. The number of anilines is 2. The van der Waals surface area contributed by atoms with Crippen LogP contribution in [0.2, 0.25) is 0 Å². The predicted octanol–water partition coefficient (Wildman–Crippen LogP) is 5.32. The summed E-state index contributed by atoms with van der Waals surface area (Å²) in [6.45, 7) is 4.19. The van der Waals surface area contributed by atoms with Crippen LogP contribution in [-0.4, -0.2) is 24.8 Å². The van der Waals surface area contributed by atoms with Gasteiger partial charge in [0.05, 0.1) is 25.0 Å². The molecule has 0 unspecified atom stereocenters. The van der Waals surface area contributed by atoms with E-state index in [2.05, 4.69) is 10.6 Å². The highest BCUT2D eigenvalue weighted by Gasteiger charge is 2.26. The maximum absolute atomic E-state index is 12.7. The molecule has 2 aromatic rings. The Morgan fingerprint density at radius 2 is 2.00 bits per heavy atom. The molecule has 2 N–H and O–H groups in total. The number of thiophene rings is 1. The average molecular weight is 419 g/mol. The normalized spacial score (nSPS) is 13.2. The molecule has 0 bridgehead atoms. The van der Waals surface area contributed by atoms with Crippen molar-refractivity contribution in [2.45, 2.75) is 46.0 Å². The Hall–Kier alpha value is -2.12. The van der Waals surface area contributed by atoms with Crippen LogP contribution in [0.5, 0.6) is 5.75 Å². The van der Waals surface area contributed by atoms with Crippen molar-refractivity contribution >= 4 is 45.3 Å². The maximum atomic E-state index is 12.7. The quantitative estimate of drug-likeness (QED) is 0.389. The van der Waals surface area contributed by atoms with Crippen LogP contribution in [0, 0.1) is 6.92 Å². The summed E-state index contributed by atoms with van der Waals surface area (Å²) in [5, 5.41) is 7.60. The number of carbonyl (C=O) groups is 1. The smallest absolute Gasteiger partial charge is 0.341 e. The molecule has 150 valence electrons. The minimum absolute atomic E-state index is 0.277. The Balaban J connectivity index is 1.86. The number of fused-ring (bicyclic) bond motifs is 1. The van der Waals surface area contributed by atoms with Gasteiger partial charge in [0.15, 0.2) is 5.11 Å². The second-order valence-corrected chi connectivity index (χ2v) is 8.29. The van der Waals surface area contributed by atoms with Gasteiger partial charge in [0.25, 0.3) is 0 Å². The number of benzene rings is 1. The monoisotopic (exact) mass is 418 g/mol. The van der Waals surface area contributed by atoms with Crippen LogP contribution in [0.1, 0.15) is 52.5 Å². The van der Waals surface area contributed by atoms with Gasteiger partial charge >= 0.3 is 5.97 Å². The molecule has 1 aromatic heterocycles. The van der Waals surface area contributed by atoms with Crippen LogP contribution < -0.4 is 15.4 Å². The SMILES string of the molecule is CCOC(=O)c1c(NC(=S)Nc2cc(C)ccc2OC)sc2c1CCCCC2. The summed E-state index contributed by atoms with van der Waals surface area (Å²) in [6.07, 6.45) is 5.35. The van der Waals surface area contributed by atoms with Gasteiger partial charge in [-0.15, -0.1) is 11.3 Å². The molecule has 1 aliphatic rings. The van der Waals surface area contributed by atoms with E-state index in [1.807, 2.05) is 32.0 Å². The summed E-state index contributed by atoms with van der Waals surface area (Å²) in [4.78, 5) is 13.9. The van der Waals surface area contributed by atoms with E-state index < -0.39 is 0 Å². The van der Waals surface area contributed by atoms with Gasteiger partial charge in [-0.3, -0.25) is 0 Å². The molecule has 28 heavy (non-hydrogen) atoms. The van der Waals surface area contributed by atoms with Crippen LogP contribution in [0.4, 0.5) is 10.7 Å². The Kier molecular flexibility index (Phi) is 6.91. The zero-order chi connectivity index (χ0) is 20.1. The van der Waals surface area contributed by atoms with Gasteiger partial charge in [0.2, 0.25) is 0 Å². The molecule has 0 fully saturated rings. The first-order valence-electron chi connectivity index (χ1n) is 9.57. The van der Waals surface area contributed by atoms with Gasteiger partial charge < -0.3 is 20.1 Å². The number of hydrogen-bond acceptors (Lipinski definition) is 5. The van der Waals surface area contributed by atoms with Crippen LogP contribution in [-0.2, 0) is 17.6 Å². The lowest BCUT2D eigenvalue weighted by Gasteiger charge is -2.14. The summed E-state index contributed by atoms with van der Waals surface area (Å²) >= 11 is 7.13. The highest BCUT2D eigenvalue weighted by atomic mass is 32.1. The van der Waals surface area contributed by atoms with Crippen LogP contribution in [0.15, 0.2) is 18.2 Å². The zero-order valence-electron chi connectivity index (χ0n) is 16.5. The molecule has 0 spiro atoms. The topological polar surface area (TPSA) is 59.6 Å². The molecule has 5 nitrogen and oxygen atoms in total. The molecule has 0 saturated carbocycles. The highest BCUT2D eigenvalue weighted by Crippen LogP contribution is 2.38. The standard InChI is InChI=1S/C21H26N2O3S2/c1-4-26-20(24)18-14-8-6-5-7-9-17(14)28-19(18)23-21(27)22-15-12-13(2)10-11-16(15)25-3/h10-12H,4-9H2,1-3H3,(H2,22,23,27). The molecule has 7 heteroatoms. The fourth-order valence-corrected chi connectivity index (χ4v) is 4.98. The van der Waals surface area contributed by atoms with Crippen molar-refractivity contribution in [3.05, 3.63) is 39.8 Å². The highest BCUT2D eigenvalue weighted by molar-refractivity contribution is 7.80. The number of thiocarbonyl (C=S) groups is 1. The zero-order valence-corrected chi connectivity index (χ0v) is 18.1. The molecule has 0 radical (unpaired) electrons. The molecule has 1 heterocycles.